The molecule has 1 heterocycles. The maximum Gasteiger partial charge on any atom is 0.408 e. The highest BCUT2D eigenvalue weighted by Gasteiger charge is 2.52. The summed E-state index contributed by atoms with van der Waals surface area (Å²) in [7, 11) is 2.90. The Morgan fingerprint density at radius 1 is 1.38 bits per heavy atom. The molecule has 2 rings (SSSR count). The Kier molecular flexibility index (Phi) is 6.63. The number of hydrogen-bond acceptors (Lipinski definition) is 5. The first-order valence-electron chi connectivity index (χ1n) is 8.49. The van der Waals surface area contributed by atoms with E-state index >= 15 is 0 Å². The van der Waals surface area contributed by atoms with Gasteiger partial charge in [0.1, 0.15) is 11.8 Å². The lowest BCUT2D eigenvalue weighted by molar-refractivity contribution is -0.148. The predicted octanol–water partition coefficient (Wildman–Crippen LogP) is 2.27. The maximum atomic E-state index is 12.3. The van der Waals surface area contributed by atoms with Crippen molar-refractivity contribution in [2.24, 2.45) is 5.41 Å². The summed E-state index contributed by atoms with van der Waals surface area (Å²) < 4.78 is 10.0. The zero-order valence-corrected chi connectivity index (χ0v) is 15.2. The van der Waals surface area contributed by atoms with Crippen molar-refractivity contribution in [3.63, 3.8) is 0 Å². The average Bonchev–Trinajstić information content (AvgIpc) is 3.01. The number of nitrogens with zero attached hydrogens (tertiary/aromatic N) is 1. The number of ether oxygens (including phenoxy) is 2. The van der Waals surface area contributed by atoms with Crippen LogP contribution in [0.1, 0.15) is 18.4 Å². The molecule has 26 heavy (non-hydrogen) atoms. The SMILES string of the molecule is C=CCC1(CNCc2ccc(OC)cc2)CCN(C(=O)O)C1C(=O)OC. The molecular formula is C19H26N2O5. The fourth-order valence-corrected chi connectivity index (χ4v) is 3.59. The van der Waals surface area contributed by atoms with E-state index in [2.05, 4.69) is 11.9 Å². The number of benzene rings is 1. The van der Waals surface area contributed by atoms with Crippen LogP contribution in [0.25, 0.3) is 0 Å². The minimum Gasteiger partial charge on any atom is -0.497 e. The number of nitrogens with one attached hydrogen (secondary N) is 1. The smallest absolute Gasteiger partial charge is 0.408 e. The molecule has 7 heteroatoms. The number of hydrogen-bond donors (Lipinski definition) is 2. The number of amides is 1. The van der Waals surface area contributed by atoms with Gasteiger partial charge in [-0.05, 0) is 30.5 Å². The van der Waals surface area contributed by atoms with Gasteiger partial charge in [-0.3, -0.25) is 4.90 Å². The van der Waals surface area contributed by atoms with Gasteiger partial charge in [0.25, 0.3) is 0 Å². The van der Waals surface area contributed by atoms with E-state index in [9.17, 15) is 14.7 Å². The van der Waals surface area contributed by atoms with Gasteiger partial charge in [0.2, 0.25) is 0 Å². The number of carbonyl (C=O) groups is 2. The minimum absolute atomic E-state index is 0.299. The molecule has 1 amide bonds. The summed E-state index contributed by atoms with van der Waals surface area (Å²) in [6, 6.07) is 6.85. The zero-order chi connectivity index (χ0) is 19.2. The molecule has 2 unspecified atom stereocenters. The third kappa shape index (κ3) is 4.16. The number of rotatable bonds is 8. The second-order valence-electron chi connectivity index (χ2n) is 6.46. The highest BCUT2D eigenvalue weighted by atomic mass is 16.5. The fraction of sp³-hybridized carbons (Fsp3) is 0.474. The van der Waals surface area contributed by atoms with Crippen LogP contribution >= 0.6 is 0 Å². The molecule has 1 aliphatic rings. The van der Waals surface area contributed by atoms with E-state index in [0.29, 0.717) is 32.5 Å². The summed E-state index contributed by atoms with van der Waals surface area (Å²) in [5.41, 5.74) is 0.502. The molecular weight excluding hydrogens is 336 g/mol. The molecule has 0 spiro atoms. The Hall–Kier alpha value is -2.54. The Morgan fingerprint density at radius 3 is 2.62 bits per heavy atom. The molecule has 0 bridgehead atoms. The summed E-state index contributed by atoms with van der Waals surface area (Å²) in [6.07, 6.45) is 1.71. The summed E-state index contributed by atoms with van der Waals surface area (Å²) in [6.45, 7) is 5.16. The van der Waals surface area contributed by atoms with Gasteiger partial charge < -0.3 is 19.9 Å². The molecule has 1 aromatic rings. The highest BCUT2D eigenvalue weighted by Crippen LogP contribution is 2.41. The molecule has 1 fully saturated rings. The summed E-state index contributed by atoms with van der Waals surface area (Å²) in [5.74, 6) is 0.258. The van der Waals surface area contributed by atoms with E-state index in [1.165, 1.54) is 12.0 Å². The third-order valence-corrected chi connectivity index (χ3v) is 4.93. The van der Waals surface area contributed by atoms with E-state index in [0.717, 1.165) is 11.3 Å². The van der Waals surface area contributed by atoms with Crippen molar-refractivity contribution in [3.05, 3.63) is 42.5 Å². The number of likely N-dealkylation sites (tertiary alicyclic amines) is 1. The minimum atomic E-state index is -1.11. The van der Waals surface area contributed by atoms with Crippen LogP contribution in [0.15, 0.2) is 36.9 Å². The lowest BCUT2D eigenvalue weighted by atomic mass is 9.77. The van der Waals surface area contributed by atoms with Gasteiger partial charge in [0.15, 0.2) is 0 Å². The average molecular weight is 362 g/mol. The van der Waals surface area contributed by atoms with Crippen molar-refractivity contribution < 1.29 is 24.2 Å². The summed E-state index contributed by atoms with van der Waals surface area (Å²) >= 11 is 0. The molecule has 142 valence electrons. The number of carboxylic acid groups (broad SMARTS) is 1. The molecule has 0 saturated carbocycles. The number of esters is 1. The lowest BCUT2D eigenvalue weighted by Gasteiger charge is -2.35. The van der Waals surface area contributed by atoms with Gasteiger partial charge in [-0.25, -0.2) is 9.59 Å². The Balaban J connectivity index is 2.12. The van der Waals surface area contributed by atoms with Crippen molar-refractivity contribution in [3.8, 4) is 5.75 Å². The summed E-state index contributed by atoms with van der Waals surface area (Å²) in [4.78, 5) is 25.0. The van der Waals surface area contributed by atoms with Crippen LogP contribution in [0, 0.1) is 5.41 Å². The van der Waals surface area contributed by atoms with Crippen LogP contribution in [0.5, 0.6) is 5.75 Å². The molecule has 0 aliphatic carbocycles. The molecule has 1 aliphatic heterocycles. The van der Waals surface area contributed by atoms with Crippen LogP contribution in [-0.2, 0) is 16.1 Å². The zero-order valence-electron chi connectivity index (χ0n) is 15.2. The van der Waals surface area contributed by atoms with E-state index in [-0.39, 0.29) is 0 Å². The highest BCUT2D eigenvalue weighted by molar-refractivity contribution is 5.82. The standard InChI is InChI=1S/C19H26N2O5/c1-4-9-19(10-11-21(18(23)24)16(19)17(22)26-3)13-20-12-14-5-7-15(25-2)8-6-14/h4-8,16,20H,1,9-13H2,2-3H3,(H,23,24). The largest absolute Gasteiger partial charge is 0.497 e. The van der Waals surface area contributed by atoms with E-state index in [1.807, 2.05) is 24.3 Å². The van der Waals surface area contributed by atoms with E-state index < -0.39 is 23.5 Å². The van der Waals surface area contributed by atoms with Crippen LogP contribution in [-0.4, -0.2) is 55.4 Å². The van der Waals surface area contributed by atoms with Gasteiger partial charge in [0.05, 0.1) is 14.2 Å². The first-order chi connectivity index (χ1) is 12.5. The van der Waals surface area contributed by atoms with Crippen LogP contribution in [0.3, 0.4) is 0 Å². The predicted molar refractivity (Wildman–Crippen MR) is 97.1 cm³/mol. The second kappa shape index (κ2) is 8.71. The molecule has 2 atom stereocenters. The molecule has 0 aromatic heterocycles. The fourth-order valence-electron chi connectivity index (χ4n) is 3.59. The van der Waals surface area contributed by atoms with E-state index in [1.54, 1.807) is 13.2 Å². The monoisotopic (exact) mass is 362 g/mol. The Labute approximate surface area is 153 Å². The molecule has 1 saturated heterocycles. The van der Waals surface area contributed by atoms with Gasteiger partial charge >= 0.3 is 12.1 Å². The molecule has 1 aromatic carbocycles. The first kappa shape index (κ1) is 19.8. The lowest BCUT2D eigenvalue weighted by Crippen LogP contribution is -2.51. The first-order valence-corrected chi connectivity index (χ1v) is 8.49. The molecule has 2 N–H and O–H groups in total. The van der Waals surface area contributed by atoms with Crippen molar-refractivity contribution >= 4 is 12.1 Å². The maximum absolute atomic E-state index is 12.3. The van der Waals surface area contributed by atoms with Gasteiger partial charge in [-0.15, -0.1) is 6.58 Å². The molecule has 7 nitrogen and oxygen atoms in total. The number of methoxy groups -OCH3 is 2. The Morgan fingerprint density at radius 2 is 2.08 bits per heavy atom. The third-order valence-electron chi connectivity index (χ3n) is 4.93. The van der Waals surface area contributed by atoms with Crippen molar-refractivity contribution in [1.82, 2.24) is 10.2 Å². The Bertz CT molecular complexity index is 646. The quantitative estimate of drug-likeness (QED) is 0.545. The van der Waals surface area contributed by atoms with E-state index in [4.69, 9.17) is 9.47 Å². The molecule has 0 radical (unpaired) electrons. The number of allylic oxidation sites excluding steroid dienone is 1. The number of carbonyl (C=O) groups excluding carboxylic acids is 1. The normalized spacial score (nSPS) is 22.1. The van der Waals surface area contributed by atoms with Gasteiger partial charge in [-0.1, -0.05) is 18.2 Å². The van der Waals surface area contributed by atoms with Crippen molar-refractivity contribution in [2.45, 2.75) is 25.4 Å². The topological polar surface area (TPSA) is 88.1 Å². The van der Waals surface area contributed by atoms with Crippen LogP contribution < -0.4 is 10.1 Å². The van der Waals surface area contributed by atoms with Crippen molar-refractivity contribution in [2.75, 3.05) is 27.3 Å². The van der Waals surface area contributed by atoms with Crippen LogP contribution in [0.4, 0.5) is 4.79 Å². The van der Waals surface area contributed by atoms with Gasteiger partial charge in [0, 0.05) is 25.0 Å². The van der Waals surface area contributed by atoms with Crippen LogP contribution in [0.2, 0.25) is 0 Å². The van der Waals surface area contributed by atoms with Gasteiger partial charge in [-0.2, -0.15) is 0 Å². The second-order valence-corrected chi connectivity index (χ2v) is 6.46. The van der Waals surface area contributed by atoms with Crippen molar-refractivity contribution in [1.29, 1.82) is 0 Å². The summed E-state index contributed by atoms with van der Waals surface area (Å²) in [5, 5.41) is 12.8.